The monoisotopic (exact) mass is 243 g/mol. The average molecular weight is 243 g/mol. The topological polar surface area (TPSA) is 46.2 Å². The van der Waals surface area contributed by atoms with Crippen molar-refractivity contribution in [2.75, 3.05) is 5.32 Å². The number of anilines is 1. The minimum absolute atomic E-state index is 0.179. The van der Waals surface area contributed by atoms with Gasteiger partial charge in [0.1, 0.15) is 5.82 Å². The summed E-state index contributed by atoms with van der Waals surface area (Å²) in [5.74, 6) is -1.17. The van der Waals surface area contributed by atoms with Crippen LogP contribution in [0.15, 0.2) is 48.5 Å². The minimum Gasteiger partial charge on any atom is -0.319 e. The van der Waals surface area contributed by atoms with Gasteiger partial charge in [0.05, 0.1) is 0 Å². The van der Waals surface area contributed by atoms with Crippen LogP contribution in [0.2, 0.25) is 0 Å². The Morgan fingerprint density at radius 1 is 1.11 bits per heavy atom. The third-order valence-corrected chi connectivity index (χ3v) is 2.43. The molecule has 4 heteroatoms. The number of halogens is 1. The third-order valence-electron chi connectivity index (χ3n) is 2.43. The molecular weight excluding hydrogens is 233 g/mol. The SMILES string of the molecule is O=CC(=O)Nc1ccc(F)cc1-c1ccccc1. The lowest BCUT2D eigenvalue weighted by atomic mass is 10.0. The molecule has 0 aliphatic rings. The molecule has 2 rings (SSSR count). The highest BCUT2D eigenvalue weighted by atomic mass is 19.1. The number of carbonyl (C=O) groups is 2. The average Bonchev–Trinajstić information content (AvgIpc) is 2.41. The number of carbonyl (C=O) groups excluding carboxylic acids is 2. The van der Waals surface area contributed by atoms with E-state index in [-0.39, 0.29) is 6.29 Å². The standard InChI is InChI=1S/C14H10FNO2/c15-11-6-7-13(16-14(18)9-17)12(8-11)10-4-2-1-3-5-10/h1-9H,(H,16,18). The van der Waals surface area contributed by atoms with Crippen LogP contribution in [-0.4, -0.2) is 12.2 Å². The lowest BCUT2D eigenvalue weighted by Crippen LogP contribution is -2.13. The summed E-state index contributed by atoms with van der Waals surface area (Å²) < 4.78 is 13.3. The minimum atomic E-state index is -0.765. The molecule has 0 fully saturated rings. The number of benzene rings is 2. The largest absolute Gasteiger partial charge is 0.319 e. The molecular formula is C14H10FNO2. The number of hydrogen-bond donors (Lipinski definition) is 1. The predicted molar refractivity (Wildman–Crippen MR) is 66.5 cm³/mol. The zero-order valence-electron chi connectivity index (χ0n) is 9.39. The molecule has 0 saturated carbocycles. The summed E-state index contributed by atoms with van der Waals surface area (Å²) in [5, 5.41) is 2.41. The summed E-state index contributed by atoms with van der Waals surface area (Å²) in [6.45, 7) is 0. The lowest BCUT2D eigenvalue weighted by Gasteiger charge is -2.09. The van der Waals surface area contributed by atoms with Crippen LogP contribution in [-0.2, 0) is 9.59 Å². The van der Waals surface area contributed by atoms with E-state index in [1.807, 2.05) is 18.2 Å². The fraction of sp³-hybridized carbons (Fsp3) is 0. The molecule has 0 aliphatic carbocycles. The van der Waals surface area contributed by atoms with Crippen LogP contribution in [0.4, 0.5) is 10.1 Å². The van der Waals surface area contributed by atoms with Crippen molar-refractivity contribution in [3.63, 3.8) is 0 Å². The van der Waals surface area contributed by atoms with Gasteiger partial charge in [-0.15, -0.1) is 0 Å². The van der Waals surface area contributed by atoms with Crippen molar-refractivity contribution in [2.24, 2.45) is 0 Å². The van der Waals surface area contributed by atoms with Crippen LogP contribution >= 0.6 is 0 Å². The number of amides is 1. The fourth-order valence-electron chi connectivity index (χ4n) is 1.64. The van der Waals surface area contributed by atoms with Crippen LogP contribution in [0.25, 0.3) is 11.1 Å². The fourth-order valence-corrected chi connectivity index (χ4v) is 1.64. The third kappa shape index (κ3) is 2.60. The maximum atomic E-state index is 13.3. The Hall–Kier alpha value is -2.49. The van der Waals surface area contributed by atoms with Crippen LogP contribution in [0.3, 0.4) is 0 Å². The number of hydrogen-bond acceptors (Lipinski definition) is 2. The Bertz CT molecular complexity index is 582. The van der Waals surface area contributed by atoms with E-state index in [1.54, 1.807) is 12.1 Å². The summed E-state index contributed by atoms with van der Waals surface area (Å²) in [6, 6.07) is 13.0. The highest BCUT2D eigenvalue weighted by Crippen LogP contribution is 2.28. The molecule has 90 valence electrons. The van der Waals surface area contributed by atoms with Gasteiger partial charge in [-0.05, 0) is 23.8 Å². The Morgan fingerprint density at radius 3 is 2.50 bits per heavy atom. The van der Waals surface area contributed by atoms with E-state index < -0.39 is 11.7 Å². The Morgan fingerprint density at radius 2 is 1.83 bits per heavy atom. The summed E-state index contributed by atoms with van der Waals surface area (Å²) in [5.41, 5.74) is 1.70. The van der Waals surface area contributed by atoms with Gasteiger partial charge in [0, 0.05) is 11.3 Å². The molecule has 2 aromatic carbocycles. The zero-order chi connectivity index (χ0) is 13.0. The number of nitrogens with one attached hydrogen (secondary N) is 1. The molecule has 0 unspecified atom stereocenters. The first-order valence-corrected chi connectivity index (χ1v) is 5.32. The normalized spacial score (nSPS) is 9.83. The van der Waals surface area contributed by atoms with E-state index in [4.69, 9.17) is 0 Å². The smallest absolute Gasteiger partial charge is 0.288 e. The highest BCUT2D eigenvalue weighted by molar-refractivity contribution is 6.30. The lowest BCUT2D eigenvalue weighted by molar-refractivity contribution is -0.127. The van der Waals surface area contributed by atoms with Crippen molar-refractivity contribution in [1.82, 2.24) is 0 Å². The molecule has 0 aromatic heterocycles. The van der Waals surface area contributed by atoms with E-state index in [0.29, 0.717) is 11.3 Å². The molecule has 2 aromatic rings. The first-order chi connectivity index (χ1) is 8.70. The molecule has 0 atom stereocenters. The van der Waals surface area contributed by atoms with E-state index in [1.165, 1.54) is 18.2 Å². The number of rotatable bonds is 3. The van der Waals surface area contributed by atoms with E-state index >= 15 is 0 Å². The van der Waals surface area contributed by atoms with Crippen molar-refractivity contribution in [3.05, 3.63) is 54.3 Å². The van der Waals surface area contributed by atoms with Gasteiger partial charge in [0.2, 0.25) is 6.29 Å². The number of aldehydes is 1. The maximum Gasteiger partial charge on any atom is 0.288 e. The molecule has 3 nitrogen and oxygen atoms in total. The molecule has 0 aliphatic heterocycles. The molecule has 1 amide bonds. The first kappa shape index (κ1) is 12.0. The second kappa shape index (κ2) is 5.23. The molecule has 18 heavy (non-hydrogen) atoms. The van der Waals surface area contributed by atoms with Gasteiger partial charge >= 0.3 is 0 Å². The maximum absolute atomic E-state index is 13.3. The second-order valence-electron chi connectivity index (χ2n) is 3.66. The molecule has 0 saturated heterocycles. The van der Waals surface area contributed by atoms with Gasteiger partial charge in [0.25, 0.3) is 5.91 Å². The Kier molecular flexibility index (Phi) is 3.48. The first-order valence-electron chi connectivity index (χ1n) is 5.32. The van der Waals surface area contributed by atoms with Crippen LogP contribution < -0.4 is 5.32 Å². The van der Waals surface area contributed by atoms with Gasteiger partial charge in [-0.25, -0.2) is 4.39 Å². The molecule has 1 N–H and O–H groups in total. The van der Waals surface area contributed by atoms with Gasteiger partial charge in [0.15, 0.2) is 0 Å². The molecule has 0 spiro atoms. The summed E-state index contributed by atoms with van der Waals surface area (Å²) >= 11 is 0. The van der Waals surface area contributed by atoms with E-state index in [2.05, 4.69) is 5.32 Å². The zero-order valence-corrected chi connectivity index (χ0v) is 9.39. The van der Waals surface area contributed by atoms with Crippen molar-refractivity contribution in [1.29, 1.82) is 0 Å². The van der Waals surface area contributed by atoms with E-state index in [9.17, 15) is 14.0 Å². The van der Waals surface area contributed by atoms with Gasteiger partial charge in [-0.1, -0.05) is 30.3 Å². The van der Waals surface area contributed by atoms with Gasteiger partial charge in [-0.3, -0.25) is 9.59 Å². The molecule has 0 radical (unpaired) electrons. The van der Waals surface area contributed by atoms with Crippen LogP contribution in [0.5, 0.6) is 0 Å². The summed E-state index contributed by atoms with van der Waals surface area (Å²) in [6.07, 6.45) is 0.179. The molecule has 0 bridgehead atoms. The summed E-state index contributed by atoms with van der Waals surface area (Å²) in [4.78, 5) is 21.4. The molecule has 0 heterocycles. The quantitative estimate of drug-likeness (QED) is 0.665. The highest BCUT2D eigenvalue weighted by Gasteiger charge is 2.08. The Labute approximate surface area is 103 Å². The van der Waals surface area contributed by atoms with Gasteiger partial charge < -0.3 is 5.32 Å². The summed E-state index contributed by atoms with van der Waals surface area (Å²) in [7, 11) is 0. The van der Waals surface area contributed by atoms with Crippen molar-refractivity contribution >= 4 is 17.9 Å². The van der Waals surface area contributed by atoms with Crippen molar-refractivity contribution < 1.29 is 14.0 Å². The van der Waals surface area contributed by atoms with Crippen molar-refractivity contribution in [3.8, 4) is 11.1 Å². The predicted octanol–water partition coefficient (Wildman–Crippen LogP) is 2.63. The van der Waals surface area contributed by atoms with Gasteiger partial charge in [-0.2, -0.15) is 0 Å². The second-order valence-corrected chi connectivity index (χ2v) is 3.66. The van der Waals surface area contributed by atoms with Crippen LogP contribution in [0, 0.1) is 5.82 Å². The van der Waals surface area contributed by atoms with Crippen LogP contribution in [0.1, 0.15) is 0 Å². The van der Waals surface area contributed by atoms with E-state index in [0.717, 1.165) is 5.56 Å². The Balaban J connectivity index is 2.47. The van der Waals surface area contributed by atoms with Crippen molar-refractivity contribution in [2.45, 2.75) is 0 Å².